The average Bonchev–Trinajstić information content (AvgIpc) is 2.74. The van der Waals surface area contributed by atoms with Gasteiger partial charge in [0.05, 0.1) is 5.25 Å². The van der Waals surface area contributed by atoms with Crippen molar-refractivity contribution >= 4 is 10.0 Å². The highest BCUT2D eigenvalue weighted by atomic mass is 32.2. The third-order valence-corrected chi connectivity index (χ3v) is 5.70. The minimum Gasteiger partial charge on any atom is -0.315 e. The molecular formula is C11H22N2O2S. The number of rotatable bonds is 3. The summed E-state index contributed by atoms with van der Waals surface area (Å²) >= 11 is 0. The Hall–Kier alpha value is -0.130. The lowest BCUT2D eigenvalue weighted by Crippen LogP contribution is -2.41. The molecule has 2 aliphatic rings. The van der Waals surface area contributed by atoms with Crippen LogP contribution in [-0.2, 0) is 10.0 Å². The highest BCUT2D eigenvalue weighted by molar-refractivity contribution is 7.90. The summed E-state index contributed by atoms with van der Waals surface area (Å²) in [5.41, 5.74) is 0.293. The zero-order valence-electron chi connectivity index (χ0n) is 10.1. The van der Waals surface area contributed by atoms with E-state index in [0.717, 1.165) is 32.2 Å². The van der Waals surface area contributed by atoms with E-state index in [1.54, 1.807) is 0 Å². The second-order valence-corrected chi connectivity index (χ2v) is 7.87. The largest absolute Gasteiger partial charge is 0.315 e. The smallest absolute Gasteiger partial charge is 0.216 e. The first-order valence-corrected chi connectivity index (χ1v) is 7.66. The van der Waals surface area contributed by atoms with Crippen molar-refractivity contribution in [2.45, 2.75) is 50.8 Å². The normalized spacial score (nSPS) is 34.4. The maximum absolute atomic E-state index is 12.0. The second-order valence-electron chi connectivity index (χ2n) is 5.88. The van der Waals surface area contributed by atoms with Gasteiger partial charge in [0.2, 0.25) is 10.0 Å². The molecule has 4 nitrogen and oxygen atoms in total. The first kappa shape index (κ1) is 12.3. The molecule has 0 aromatic heterocycles. The molecule has 2 unspecified atom stereocenters. The van der Waals surface area contributed by atoms with Crippen LogP contribution in [0.25, 0.3) is 0 Å². The van der Waals surface area contributed by atoms with E-state index in [-0.39, 0.29) is 11.3 Å². The molecule has 1 saturated heterocycles. The highest BCUT2D eigenvalue weighted by Crippen LogP contribution is 2.37. The van der Waals surface area contributed by atoms with Crippen LogP contribution in [0.15, 0.2) is 0 Å². The van der Waals surface area contributed by atoms with E-state index in [1.807, 2.05) is 0 Å². The molecule has 0 radical (unpaired) electrons. The summed E-state index contributed by atoms with van der Waals surface area (Å²) in [6.45, 7) is 5.84. The number of hydrogen-bond acceptors (Lipinski definition) is 3. The van der Waals surface area contributed by atoms with Crippen LogP contribution in [0, 0.1) is 5.41 Å². The van der Waals surface area contributed by atoms with Crippen LogP contribution in [0.3, 0.4) is 0 Å². The molecule has 0 aromatic rings. The van der Waals surface area contributed by atoms with Gasteiger partial charge in [-0.3, -0.25) is 0 Å². The third kappa shape index (κ3) is 2.76. The Morgan fingerprint density at radius 2 is 2.06 bits per heavy atom. The van der Waals surface area contributed by atoms with Crippen molar-refractivity contribution in [3.63, 3.8) is 0 Å². The van der Waals surface area contributed by atoms with E-state index >= 15 is 0 Å². The highest BCUT2D eigenvalue weighted by Gasteiger charge is 2.36. The van der Waals surface area contributed by atoms with Gasteiger partial charge in [0.1, 0.15) is 0 Å². The predicted molar refractivity (Wildman–Crippen MR) is 64.8 cm³/mol. The Bertz CT molecular complexity index is 345. The van der Waals surface area contributed by atoms with Gasteiger partial charge in [-0.05, 0) is 37.6 Å². The minimum absolute atomic E-state index is 0.153. The predicted octanol–water partition coefficient (Wildman–Crippen LogP) is 0.846. The summed E-state index contributed by atoms with van der Waals surface area (Å²) in [5.74, 6) is 0. The second kappa shape index (κ2) is 4.27. The molecular weight excluding hydrogens is 224 g/mol. The van der Waals surface area contributed by atoms with Crippen LogP contribution in [0.1, 0.15) is 39.5 Å². The van der Waals surface area contributed by atoms with Crippen LogP contribution in [-0.4, -0.2) is 32.8 Å². The molecule has 0 aromatic carbocycles. The first-order chi connectivity index (χ1) is 7.39. The topological polar surface area (TPSA) is 58.2 Å². The fourth-order valence-electron chi connectivity index (χ4n) is 2.76. The summed E-state index contributed by atoms with van der Waals surface area (Å²) in [5, 5.41) is 2.87. The van der Waals surface area contributed by atoms with E-state index in [1.165, 1.54) is 0 Å². The summed E-state index contributed by atoms with van der Waals surface area (Å²) in [7, 11) is -3.11. The Morgan fingerprint density at radius 1 is 1.31 bits per heavy atom. The number of sulfonamides is 1. The van der Waals surface area contributed by atoms with Crippen LogP contribution >= 0.6 is 0 Å². The molecule has 2 atom stereocenters. The number of hydrogen-bond donors (Lipinski definition) is 2. The fourth-order valence-corrected chi connectivity index (χ4v) is 4.38. The van der Waals surface area contributed by atoms with Gasteiger partial charge < -0.3 is 5.32 Å². The van der Waals surface area contributed by atoms with E-state index in [4.69, 9.17) is 0 Å². The Labute approximate surface area is 98.2 Å². The number of nitrogens with one attached hydrogen (secondary N) is 2. The molecule has 0 amide bonds. The standard InChI is InChI=1S/C11H22N2O2S/c1-11(2)5-3-9(7-11)13-16(14,15)10-4-6-12-8-10/h9-10,12-13H,3-8H2,1-2H3. The molecule has 0 bridgehead atoms. The van der Waals surface area contributed by atoms with Gasteiger partial charge in [-0.15, -0.1) is 0 Å². The maximum Gasteiger partial charge on any atom is 0.216 e. The molecule has 2 N–H and O–H groups in total. The molecule has 0 spiro atoms. The first-order valence-electron chi connectivity index (χ1n) is 6.11. The van der Waals surface area contributed by atoms with Crippen LogP contribution in [0.5, 0.6) is 0 Å². The van der Waals surface area contributed by atoms with E-state index < -0.39 is 10.0 Å². The Morgan fingerprint density at radius 3 is 2.56 bits per heavy atom. The lowest BCUT2D eigenvalue weighted by atomic mass is 9.92. The van der Waals surface area contributed by atoms with Gasteiger partial charge in [0, 0.05) is 12.6 Å². The van der Waals surface area contributed by atoms with Gasteiger partial charge in [0.15, 0.2) is 0 Å². The lowest BCUT2D eigenvalue weighted by Gasteiger charge is -2.19. The van der Waals surface area contributed by atoms with Crippen LogP contribution in [0.4, 0.5) is 0 Å². The van der Waals surface area contributed by atoms with Crippen molar-refractivity contribution < 1.29 is 8.42 Å². The van der Waals surface area contributed by atoms with Gasteiger partial charge in [0.25, 0.3) is 0 Å². The van der Waals surface area contributed by atoms with Crippen LogP contribution in [0.2, 0.25) is 0 Å². The fraction of sp³-hybridized carbons (Fsp3) is 1.00. The van der Waals surface area contributed by atoms with Crippen molar-refractivity contribution in [3.8, 4) is 0 Å². The molecule has 16 heavy (non-hydrogen) atoms. The van der Waals surface area contributed by atoms with E-state index in [9.17, 15) is 8.42 Å². The van der Waals surface area contributed by atoms with Crippen LogP contribution < -0.4 is 10.0 Å². The van der Waals surface area contributed by atoms with Gasteiger partial charge in [-0.1, -0.05) is 13.8 Å². The molecule has 1 saturated carbocycles. The van der Waals surface area contributed by atoms with E-state index in [2.05, 4.69) is 23.9 Å². The monoisotopic (exact) mass is 246 g/mol. The van der Waals surface area contributed by atoms with Gasteiger partial charge in [-0.25, -0.2) is 13.1 Å². The molecule has 1 heterocycles. The summed E-state index contributed by atoms with van der Waals surface area (Å²) in [6, 6.07) is 0.153. The minimum atomic E-state index is -3.11. The zero-order chi connectivity index (χ0) is 11.8. The van der Waals surface area contributed by atoms with Crippen molar-refractivity contribution in [1.82, 2.24) is 10.0 Å². The Kier molecular flexibility index (Phi) is 3.29. The van der Waals surface area contributed by atoms with Crippen molar-refractivity contribution in [3.05, 3.63) is 0 Å². The molecule has 1 aliphatic carbocycles. The SMILES string of the molecule is CC1(C)CCC(NS(=O)(=O)C2CCNC2)C1. The van der Waals surface area contributed by atoms with Crippen molar-refractivity contribution in [2.24, 2.45) is 5.41 Å². The van der Waals surface area contributed by atoms with Gasteiger partial charge >= 0.3 is 0 Å². The molecule has 1 aliphatic heterocycles. The maximum atomic E-state index is 12.0. The molecule has 2 rings (SSSR count). The molecule has 2 fully saturated rings. The average molecular weight is 246 g/mol. The summed E-state index contributed by atoms with van der Waals surface area (Å²) < 4.78 is 27.0. The summed E-state index contributed by atoms with van der Waals surface area (Å²) in [6.07, 6.45) is 3.80. The lowest BCUT2D eigenvalue weighted by molar-refractivity contribution is 0.372. The summed E-state index contributed by atoms with van der Waals surface area (Å²) in [4.78, 5) is 0. The van der Waals surface area contributed by atoms with Crippen molar-refractivity contribution in [1.29, 1.82) is 0 Å². The molecule has 94 valence electrons. The van der Waals surface area contributed by atoms with Crippen molar-refractivity contribution in [2.75, 3.05) is 13.1 Å². The zero-order valence-corrected chi connectivity index (χ0v) is 10.9. The molecule has 5 heteroatoms. The quantitative estimate of drug-likeness (QED) is 0.776. The van der Waals surface area contributed by atoms with E-state index in [0.29, 0.717) is 12.0 Å². The van der Waals surface area contributed by atoms with Gasteiger partial charge in [-0.2, -0.15) is 0 Å². The third-order valence-electron chi connectivity index (χ3n) is 3.75. The Balaban J connectivity index is 1.94.